The Morgan fingerprint density at radius 3 is 2.71 bits per heavy atom. The fourth-order valence-corrected chi connectivity index (χ4v) is 3.96. The lowest BCUT2D eigenvalue weighted by Gasteiger charge is -2.35. The lowest BCUT2D eigenvalue weighted by Crippen LogP contribution is -2.37. The van der Waals surface area contributed by atoms with Crippen molar-refractivity contribution in [2.45, 2.75) is 64.3 Å². The van der Waals surface area contributed by atoms with Gasteiger partial charge in [0.15, 0.2) is 17.3 Å². The van der Waals surface area contributed by atoms with Gasteiger partial charge in [-0.2, -0.15) is 5.10 Å². The monoisotopic (exact) mass is 391 g/mol. The number of hydrogen-bond donors (Lipinski definition) is 0. The van der Waals surface area contributed by atoms with Crippen molar-refractivity contribution in [1.82, 2.24) is 14.8 Å². The molecule has 0 spiro atoms. The van der Waals surface area contributed by atoms with Gasteiger partial charge >= 0.3 is 0 Å². The number of rotatable bonds is 9. The summed E-state index contributed by atoms with van der Waals surface area (Å²) in [5.41, 5.74) is -0.303. The minimum Gasteiger partial charge on any atom is -0.491 e. The third-order valence-corrected chi connectivity index (χ3v) is 5.63. The zero-order chi connectivity index (χ0) is 20.0. The van der Waals surface area contributed by atoms with E-state index in [0.29, 0.717) is 19.4 Å². The number of ether oxygens (including phenoxy) is 1. The fourth-order valence-electron chi connectivity index (χ4n) is 3.96. The molecule has 1 heterocycles. The second-order valence-electron chi connectivity index (χ2n) is 7.80. The Labute approximate surface area is 164 Å². The number of hydrogen-bond acceptors (Lipinski definition) is 4. The van der Waals surface area contributed by atoms with Crippen LogP contribution in [0.15, 0.2) is 30.9 Å². The van der Waals surface area contributed by atoms with E-state index in [2.05, 4.69) is 17.0 Å². The Morgan fingerprint density at radius 1 is 1.25 bits per heavy atom. The lowest BCUT2D eigenvalue weighted by molar-refractivity contribution is -0.133. The van der Waals surface area contributed by atoms with Crippen molar-refractivity contribution in [3.05, 3.63) is 42.5 Å². The van der Waals surface area contributed by atoms with Crippen LogP contribution in [0.5, 0.6) is 5.75 Å². The summed E-state index contributed by atoms with van der Waals surface area (Å²) in [7, 11) is 0. The molecule has 28 heavy (non-hydrogen) atoms. The number of benzene rings is 1. The van der Waals surface area contributed by atoms with Crippen LogP contribution in [0.25, 0.3) is 0 Å². The summed E-state index contributed by atoms with van der Waals surface area (Å²) in [6.45, 7) is 2.37. The van der Waals surface area contributed by atoms with Crippen molar-refractivity contribution in [2.75, 3.05) is 6.61 Å². The number of aromatic nitrogens is 3. The van der Waals surface area contributed by atoms with E-state index in [1.165, 1.54) is 24.9 Å². The largest absolute Gasteiger partial charge is 0.491 e. The van der Waals surface area contributed by atoms with Crippen molar-refractivity contribution >= 4 is 5.78 Å². The Balaban J connectivity index is 1.54. The molecule has 0 radical (unpaired) electrons. The summed E-state index contributed by atoms with van der Waals surface area (Å²) >= 11 is 0. The van der Waals surface area contributed by atoms with Crippen molar-refractivity contribution in [1.29, 1.82) is 0 Å². The molecule has 1 aliphatic rings. The molecule has 3 rings (SSSR count). The fraction of sp³-hybridized carbons (Fsp3) is 0.571. The van der Waals surface area contributed by atoms with E-state index in [1.807, 2.05) is 0 Å². The van der Waals surface area contributed by atoms with Crippen LogP contribution in [0.3, 0.4) is 0 Å². The molecule has 0 saturated heterocycles. The van der Waals surface area contributed by atoms with Crippen LogP contribution < -0.4 is 4.74 Å². The Hall–Kier alpha value is -2.31. The highest BCUT2D eigenvalue weighted by atomic mass is 19.1. The molecule has 1 atom stereocenters. The first-order valence-corrected chi connectivity index (χ1v) is 9.96. The summed E-state index contributed by atoms with van der Waals surface area (Å²) in [5, 5.41) is 4.20. The SMILES string of the molecule is CC1(C(=O)C(CCCCOc2ccc(F)cc2F)n2cncn2)CCCCC1. The third kappa shape index (κ3) is 4.94. The minimum absolute atomic E-state index is 0.0417. The summed E-state index contributed by atoms with van der Waals surface area (Å²) in [6.07, 6.45) is 10.3. The highest BCUT2D eigenvalue weighted by molar-refractivity contribution is 5.88. The Bertz CT molecular complexity index is 774. The molecule has 0 N–H and O–H groups in total. The number of unbranched alkanes of at least 4 members (excludes halogenated alkanes) is 1. The van der Waals surface area contributed by atoms with Crippen LogP contribution in [0, 0.1) is 17.0 Å². The molecule has 152 valence electrons. The maximum atomic E-state index is 13.6. The van der Waals surface area contributed by atoms with Gasteiger partial charge in [0.05, 0.1) is 6.61 Å². The first kappa shape index (κ1) is 20.4. The molecular weight excluding hydrogens is 364 g/mol. The summed E-state index contributed by atoms with van der Waals surface area (Å²) in [4.78, 5) is 17.3. The van der Waals surface area contributed by atoms with E-state index in [1.54, 1.807) is 11.0 Å². The van der Waals surface area contributed by atoms with Gasteiger partial charge < -0.3 is 4.74 Å². The van der Waals surface area contributed by atoms with Gasteiger partial charge in [0.2, 0.25) is 0 Å². The summed E-state index contributed by atoms with van der Waals surface area (Å²) in [6, 6.07) is 2.92. The predicted molar refractivity (Wildman–Crippen MR) is 101 cm³/mol. The molecule has 1 fully saturated rings. The average molecular weight is 391 g/mol. The van der Waals surface area contributed by atoms with Crippen LogP contribution in [-0.4, -0.2) is 27.2 Å². The molecule has 0 amide bonds. The predicted octanol–water partition coefficient (Wildman–Crippen LogP) is 4.89. The van der Waals surface area contributed by atoms with E-state index >= 15 is 0 Å². The van der Waals surface area contributed by atoms with Gasteiger partial charge in [0.25, 0.3) is 0 Å². The molecule has 1 saturated carbocycles. The van der Waals surface area contributed by atoms with Crippen LogP contribution in [-0.2, 0) is 4.79 Å². The Morgan fingerprint density at radius 2 is 2.04 bits per heavy atom. The maximum absolute atomic E-state index is 13.6. The van der Waals surface area contributed by atoms with E-state index in [9.17, 15) is 13.6 Å². The maximum Gasteiger partial charge on any atom is 0.167 e. The molecule has 0 bridgehead atoms. The molecule has 0 aliphatic heterocycles. The highest BCUT2D eigenvalue weighted by Crippen LogP contribution is 2.40. The topological polar surface area (TPSA) is 57.0 Å². The second kappa shape index (κ2) is 9.26. The molecule has 1 aromatic heterocycles. The quantitative estimate of drug-likeness (QED) is 0.571. The van der Waals surface area contributed by atoms with Crippen LogP contribution in [0.2, 0.25) is 0 Å². The molecule has 7 heteroatoms. The number of carbonyl (C=O) groups is 1. The zero-order valence-corrected chi connectivity index (χ0v) is 16.2. The first-order valence-electron chi connectivity index (χ1n) is 9.96. The molecular formula is C21H27F2N3O2. The first-order chi connectivity index (χ1) is 13.5. The number of carbonyl (C=O) groups excluding carboxylic acids is 1. The van der Waals surface area contributed by atoms with Crippen molar-refractivity contribution < 1.29 is 18.3 Å². The van der Waals surface area contributed by atoms with E-state index in [-0.39, 0.29) is 23.0 Å². The highest BCUT2D eigenvalue weighted by Gasteiger charge is 2.39. The van der Waals surface area contributed by atoms with Gasteiger partial charge in [0.1, 0.15) is 24.5 Å². The van der Waals surface area contributed by atoms with Crippen LogP contribution in [0.4, 0.5) is 8.78 Å². The number of Topliss-reactive ketones (excluding diaryl/α,β-unsaturated/α-hetero) is 1. The van der Waals surface area contributed by atoms with Gasteiger partial charge in [-0.05, 0) is 44.2 Å². The summed E-state index contributed by atoms with van der Waals surface area (Å²) < 4.78 is 33.6. The lowest BCUT2D eigenvalue weighted by atomic mass is 9.70. The molecule has 1 unspecified atom stereocenters. The van der Waals surface area contributed by atoms with Crippen LogP contribution in [0.1, 0.15) is 64.3 Å². The van der Waals surface area contributed by atoms with Crippen LogP contribution >= 0.6 is 0 Å². The van der Waals surface area contributed by atoms with E-state index in [0.717, 1.165) is 38.2 Å². The number of ketones is 1. The smallest absolute Gasteiger partial charge is 0.167 e. The molecule has 1 aromatic carbocycles. The molecule has 1 aliphatic carbocycles. The third-order valence-electron chi connectivity index (χ3n) is 5.63. The van der Waals surface area contributed by atoms with E-state index < -0.39 is 11.6 Å². The average Bonchev–Trinajstić information content (AvgIpc) is 3.20. The second-order valence-corrected chi connectivity index (χ2v) is 7.80. The minimum atomic E-state index is -0.708. The van der Waals surface area contributed by atoms with Gasteiger partial charge in [-0.3, -0.25) is 4.79 Å². The normalized spacial score (nSPS) is 17.2. The van der Waals surface area contributed by atoms with E-state index in [4.69, 9.17) is 4.74 Å². The van der Waals surface area contributed by atoms with Crippen molar-refractivity contribution in [2.24, 2.45) is 5.41 Å². The Kier molecular flexibility index (Phi) is 6.75. The summed E-state index contributed by atoms with van der Waals surface area (Å²) in [5.74, 6) is -1.07. The van der Waals surface area contributed by atoms with Crippen molar-refractivity contribution in [3.8, 4) is 5.75 Å². The molecule has 2 aromatic rings. The van der Waals surface area contributed by atoms with Gasteiger partial charge in [0, 0.05) is 11.5 Å². The molecule has 5 nitrogen and oxygen atoms in total. The van der Waals surface area contributed by atoms with Gasteiger partial charge in [-0.25, -0.2) is 18.4 Å². The van der Waals surface area contributed by atoms with Gasteiger partial charge in [-0.15, -0.1) is 0 Å². The van der Waals surface area contributed by atoms with Crippen molar-refractivity contribution in [3.63, 3.8) is 0 Å². The standard InChI is InChI=1S/C21H27F2N3O2/c1-21(10-4-2-5-11-21)20(27)18(26-15-24-14-25-26)7-3-6-12-28-19-9-8-16(22)13-17(19)23/h8-9,13-15,18H,2-7,10-12H2,1H3. The zero-order valence-electron chi connectivity index (χ0n) is 16.2. The number of nitrogens with zero attached hydrogens (tertiary/aromatic N) is 3. The number of halogens is 2. The van der Waals surface area contributed by atoms with Gasteiger partial charge in [-0.1, -0.05) is 26.2 Å².